The van der Waals surface area contributed by atoms with Crippen molar-refractivity contribution in [2.24, 2.45) is 0 Å². The number of para-hydroxylation sites is 2. The molecule has 1 saturated heterocycles. The third kappa shape index (κ3) is 3.63. The summed E-state index contributed by atoms with van der Waals surface area (Å²) in [6, 6.07) is 16.4. The predicted molar refractivity (Wildman–Crippen MR) is 107 cm³/mol. The van der Waals surface area contributed by atoms with Crippen LogP contribution < -0.4 is 4.90 Å². The summed E-state index contributed by atoms with van der Waals surface area (Å²) in [6.07, 6.45) is 1.87. The van der Waals surface area contributed by atoms with Crippen LogP contribution in [0.25, 0.3) is 0 Å². The van der Waals surface area contributed by atoms with Gasteiger partial charge in [0.05, 0.1) is 24.5 Å². The summed E-state index contributed by atoms with van der Waals surface area (Å²) in [5.41, 5.74) is 4.39. The van der Waals surface area contributed by atoms with Crippen molar-refractivity contribution in [2.45, 2.75) is 18.9 Å². The Morgan fingerprint density at radius 3 is 2.19 bits per heavy atom. The number of likely N-dealkylation sites (N-methyl/N-ethyl adjacent to an activating group) is 1. The van der Waals surface area contributed by atoms with E-state index in [9.17, 15) is 9.90 Å². The summed E-state index contributed by atoms with van der Waals surface area (Å²) in [6.45, 7) is 2.89. The molecule has 0 aromatic heterocycles. The minimum absolute atomic E-state index is 0.00478. The quantitative estimate of drug-likeness (QED) is 0.905. The van der Waals surface area contributed by atoms with Crippen molar-refractivity contribution in [3.05, 3.63) is 59.7 Å². The second-order valence-corrected chi connectivity index (χ2v) is 7.56. The molecule has 1 N–H and O–H groups in total. The molecule has 5 nitrogen and oxygen atoms in total. The van der Waals surface area contributed by atoms with Gasteiger partial charge >= 0.3 is 0 Å². The van der Waals surface area contributed by atoms with Crippen molar-refractivity contribution in [1.82, 2.24) is 9.80 Å². The Morgan fingerprint density at radius 1 is 1.00 bits per heavy atom. The molecule has 0 radical (unpaired) electrons. The Kier molecular flexibility index (Phi) is 5.25. The van der Waals surface area contributed by atoms with Gasteiger partial charge in [-0.1, -0.05) is 36.4 Å². The number of carbonyl (C=O) groups is 1. The molecule has 1 amide bonds. The van der Waals surface area contributed by atoms with Crippen LogP contribution in [0.1, 0.15) is 11.1 Å². The van der Waals surface area contributed by atoms with Crippen molar-refractivity contribution in [3.63, 3.8) is 0 Å². The summed E-state index contributed by atoms with van der Waals surface area (Å²) >= 11 is 0. The molecule has 27 heavy (non-hydrogen) atoms. The third-order valence-corrected chi connectivity index (χ3v) is 5.73. The first-order valence-electron chi connectivity index (χ1n) is 9.69. The van der Waals surface area contributed by atoms with Crippen LogP contribution >= 0.6 is 0 Å². The van der Waals surface area contributed by atoms with Crippen LogP contribution in [0.4, 0.5) is 11.4 Å². The number of amides is 1. The standard InChI is InChI=1S/C22H27N3O2/c1-23-12-13-24(19(14-23)16-26)15-22(27)25-20-8-4-2-6-17(20)10-11-18-7-3-5-9-21(18)25/h2-9,19,26H,10-16H2,1H3. The molecule has 0 aliphatic carbocycles. The molecule has 2 aliphatic heterocycles. The highest BCUT2D eigenvalue weighted by Gasteiger charge is 2.31. The number of rotatable bonds is 3. The average molecular weight is 365 g/mol. The van der Waals surface area contributed by atoms with Crippen LogP contribution in [-0.2, 0) is 17.6 Å². The molecule has 2 heterocycles. The largest absolute Gasteiger partial charge is 0.395 e. The number of aliphatic hydroxyl groups excluding tert-OH is 1. The first-order chi connectivity index (χ1) is 13.2. The molecule has 5 heteroatoms. The number of nitrogens with zero attached hydrogens (tertiary/aromatic N) is 3. The van der Waals surface area contributed by atoms with E-state index in [1.54, 1.807) is 0 Å². The predicted octanol–water partition coefficient (Wildman–Crippen LogP) is 2.06. The lowest BCUT2D eigenvalue weighted by molar-refractivity contribution is -0.120. The number of aliphatic hydroxyl groups is 1. The number of anilines is 2. The molecular formula is C22H27N3O2. The molecule has 142 valence electrons. The number of hydrogen-bond acceptors (Lipinski definition) is 4. The lowest BCUT2D eigenvalue weighted by Gasteiger charge is -2.39. The van der Waals surface area contributed by atoms with Crippen LogP contribution in [0.5, 0.6) is 0 Å². The molecule has 1 atom stereocenters. The molecular weight excluding hydrogens is 338 g/mol. The topological polar surface area (TPSA) is 47.0 Å². The number of fused-ring (bicyclic) bond motifs is 2. The Bertz CT molecular complexity index is 775. The number of carbonyl (C=O) groups excluding carboxylic acids is 1. The van der Waals surface area contributed by atoms with E-state index in [1.165, 1.54) is 11.1 Å². The van der Waals surface area contributed by atoms with E-state index in [0.29, 0.717) is 6.54 Å². The van der Waals surface area contributed by atoms with E-state index in [-0.39, 0.29) is 18.6 Å². The highest BCUT2D eigenvalue weighted by molar-refractivity contribution is 6.03. The maximum atomic E-state index is 13.5. The van der Waals surface area contributed by atoms with Gasteiger partial charge in [-0.05, 0) is 43.1 Å². The lowest BCUT2D eigenvalue weighted by Crippen LogP contribution is -2.55. The summed E-state index contributed by atoms with van der Waals surface area (Å²) < 4.78 is 0. The van der Waals surface area contributed by atoms with Crippen molar-refractivity contribution >= 4 is 17.3 Å². The maximum Gasteiger partial charge on any atom is 0.245 e. The fourth-order valence-corrected chi connectivity index (χ4v) is 4.22. The smallest absolute Gasteiger partial charge is 0.245 e. The highest BCUT2D eigenvalue weighted by atomic mass is 16.3. The summed E-state index contributed by atoms with van der Waals surface area (Å²) in [7, 11) is 2.06. The van der Waals surface area contributed by atoms with Gasteiger partial charge < -0.3 is 10.0 Å². The van der Waals surface area contributed by atoms with Gasteiger partial charge in [-0.25, -0.2) is 0 Å². The van der Waals surface area contributed by atoms with Crippen molar-refractivity contribution < 1.29 is 9.90 Å². The van der Waals surface area contributed by atoms with E-state index in [0.717, 1.165) is 43.9 Å². The van der Waals surface area contributed by atoms with E-state index in [4.69, 9.17) is 0 Å². The highest BCUT2D eigenvalue weighted by Crippen LogP contribution is 2.36. The second-order valence-electron chi connectivity index (χ2n) is 7.56. The first-order valence-corrected chi connectivity index (χ1v) is 9.69. The minimum Gasteiger partial charge on any atom is -0.395 e. The van der Waals surface area contributed by atoms with Crippen molar-refractivity contribution in [2.75, 3.05) is 44.7 Å². The van der Waals surface area contributed by atoms with Crippen molar-refractivity contribution in [3.8, 4) is 0 Å². The van der Waals surface area contributed by atoms with Gasteiger partial charge in [-0.3, -0.25) is 14.6 Å². The van der Waals surface area contributed by atoms with Crippen LogP contribution in [0, 0.1) is 0 Å². The zero-order valence-corrected chi connectivity index (χ0v) is 15.8. The van der Waals surface area contributed by atoms with Gasteiger partial charge in [-0.2, -0.15) is 0 Å². The monoisotopic (exact) mass is 365 g/mol. The zero-order valence-electron chi connectivity index (χ0n) is 15.8. The summed E-state index contributed by atoms with van der Waals surface area (Å²) in [4.78, 5) is 19.7. The van der Waals surface area contributed by atoms with Crippen molar-refractivity contribution in [1.29, 1.82) is 0 Å². The fourth-order valence-electron chi connectivity index (χ4n) is 4.22. The SMILES string of the molecule is CN1CCN(CC(=O)N2c3ccccc3CCc3ccccc32)C(CO)C1. The van der Waals surface area contributed by atoms with Gasteiger partial charge in [0.1, 0.15) is 0 Å². The van der Waals surface area contributed by atoms with Gasteiger partial charge in [-0.15, -0.1) is 0 Å². The molecule has 0 bridgehead atoms. The molecule has 1 unspecified atom stereocenters. The fraction of sp³-hybridized carbons (Fsp3) is 0.409. The minimum atomic E-state index is 0.00478. The molecule has 2 aromatic carbocycles. The van der Waals surface area contributed by atoms with E-state index in [2.05, 4.69) is 29.0 Å². The normalized spacial score (nSPS) is 20.7. The molecule has 0 saturated carbocycles. The van der Waals surface area contributed by atoms with Gasteiger partial charge in [0, 0.05) is 25.7 Å². The van der Waals surface area contributed by atoms with E-state index >= 15 is 0 Å². The summed E-state index contributed by atoms with van der Waals surface area (Å²) in [5.74, 6) is 0.0693. The molecule has 4 rings (SSSR count). The number of hydrogen-bond donors (Lipinski definition) is 1. The van der Waals surface area contributed by atoms with Crippen LogP contribution in [0.3, 0.4) is 0 Å². The van der Waals surface area contributed by atoms with Gasteiger partial charge in [0.2, 0.25) is 5.91 Å². The molecule has 1 fully saturated rings. The number of aryl methyl sites for hydroxylation is 2. The second kappa shape index (κ2) is 7.80. The lowest BCUT2D eigenvalue weighted by atomic mass is 10.0. The van der Waals surface area contributed by atoms with Crippen LogP contribution in [0.2, 0.25) is 0 Å². The Labute approximate surface area is 160 Å². The summed E-state index contributed by atoms with van der Waals surface area (Å²) in [5, 5.41) is 9.77. The number of benzene rings is 2. The Hall–Kier alpha value is -2.21. The number of piperazine rings is 1. The van der Waals surface area contributed by atoms with Crippen LogP contribution in [0.15, 0.2) is 48.5 Å². The average Bonchev–Trinajstić information content (AvgIpc) is 2.86. The Balaban J connectivity index is 1.67. The molecule has 0 spiro atoms. The van der Waals surface area contributed by atoms with E-state index in [1.807, 2.05) is 41.3 Å². The van der Waals surface area contributed by atoms with Gasteiger partial charge in [0.15, 0.2) is 0 Å². The first kappa shape index (κ1) is 18.2. The Morgan fingerprint density at radius 2 is 1.59 bits per heavy atom. The zero-order chi connectivity index (χ0) is 18.8. The van der Waals surface area contributed by atoms with E-state index < -0.39 is 0 Å². The molecule has 2 aromatic rings. The molecule has 2 aliphatic rings. The maximum absolute atomic E-state index is 13.5. The third-order valence-electron chi connectivity index (χ3n) is 5.73. The van der Waals surface area contributed by atoms with Gasteiger partial charge in [0.25, 0.3) is 0 Å². The van der Waals surface area contributed by atoms with Crippen LogP contribution in [-0.4, -0.2) is 66.7 Å².